The molecule has 1 aliphatic rings. The number of nitrogens with one attached hydrogen (secondary N) is 1. The summed E-state index contributed by atoms with van der Waals surface area (Å²) in [5.74, 6) is 0.931. The Bertz CT molecular complexity index is 204. The van der Waals surface area contributed by atoms with Crippen LogP contribution in [0.15, 0.2) is 11.5 Å². The van der Waals surface area contributed by atoms with Gasteiger partial charge < -0.3 is 10.1 Å². The third-order valence-electron chi connectivity index (χ3n) is 1.98. The predicted molar refractivity (Wildman–Crippen MR) is 69.3 cm³/mol. The maximum absolute atomic E-state index is 10.7. The van der Waals surface area contributed by atoms with Crippen molar-refractivity contribution < 1.29 is 9.53 Å². The average Bonchev–Trinajstić information content (AvgIpc) is 2.26. The van der Waals surface area contributed by atoms with E-state index in [4.69, 9.17) is 4.74 Å². The summed E-state index contributed by atoms with van der Waals surface area (Å²) in [5, 5.41) is 2.98. The van der Waals surface area contributed by atoms with E-state index in [2.05, 4.69) is 5.32 Å². The van der Waals surface area contributed by atoms with Gasteiger partial charge in [0.1, 0.15) is 5.78 Å². The number of hydrogen-bond donors (Lipinski definition) is 1. The highest BCUT2D eigenvalue weighted by atomic mass is 16.5. The number of rotatable bonds is 4. The van der Waals surface area contributed by atoms with Crippen molar-refractivity contribution in [2.24, 2.45) is 0 Å². The molecule has 0 heterocycles. The second kappa shape index (κ2) is 12.1. The molecule has 0 aromatic heterocycles. The molecule has 0 aromatic rings. The topological polar surface area (TPSA) is 38.3 Å². The first-order valence-corrected chi connectivity index (χ1v) is 6.23. The molecule has 1 fully saturated rings. The molecular formula is C13H27NO2. The molecule has 0 amide bonds. The van der Waals surface area contributed by atoms with Crippen LogP contribution >= 0.6 is 0 Å². The van der Waals surface area contributed by atoms with Crippen LogP contribution in [0, 0.1) is 0 Å². The Labute approximate surface area is 100 Å². The molecule has 1 saturated carbocycles. The largest absolute Gasteiger partial charge is 0.483 e. The third-order valence-corrected chi connectivity index (χ3v) is 1.98. The number of ketones is 1. The molecule has 0 radical (unpaired) electrons. The number of ether oxygens (including phenoxy) is 1. The van der Waals surface area contributed by atoms with Crippen molar-refractivity contribution >= 4 is 5.78 Å². The molecule has 0 aliphatic heterocycles. The SMILES string of the molecule is CC.CC.COC(NCC(C)=O)=C1CCC1. The maximum Gasteiger partial charge on any atom is 0.185 e. The summed E-state index contributed by atoms with van der Waals surface area (Å²) >= 11 is 0. The normalized spacial score (nSPS) is 12.0. The first-order valence-electron chi connectivity index (χ1n) is 6.23. The molecule has 3 heteroatoms. The fourth-order valence-corrected chi connectivity index (χ4v) is 1.13. The minimum Gasteiger partial charge on any atom is -0.483 e. The van der Waals surface area contributed by atoms with Crippen LogP contribution in [0.1, 0.15) is 53.9 Å². The van der Waals surface area contributed by atoms with Gasteiger partial charge in [-0.1, -0.05) is 27.7 Å². The van der Waals surface area contributed by atoms with E-state index in [1.54, 1.807) is 14.0 Å². The molecule has 0 aromatic carbocycles. The Morgan fingerprint density at radius 3 is 2.00 bits per heavy atom. The number of Topliss-reactive ketones (excluding diaryl/α,β-unsaturated/α-hetero) is 1. The number of carbonyl (C=O) groups is 1. The van der Waals surface area contributed by atoms with Crippen LogP contribution in [0.3, 0.4) is 0 Å². The van der Waals surface area contributed by atoms with Crippen LogP contribution in [0.5, 0.6) is 0 Å². The van der Waals surface area contributed by atoms with E-state index in [1.165, 1.54) is 12.0 Å². The predicted octanol–water partition coefficient (Wildman–Crippen LogP) is 3.26. The zero-order valence-corrected chi connectivity index (χ0v) is 11.6. The van der Waals surface area contributed by atoms with E-state index in [0.717, 1.165) is 18.7 Å². The number of allylic oxidation sites excluding steroid dienone is 1. The fourth-order valence-electron chi connectivity index (χ4n) is 1.13. The highest BCUT2D eigenvalue weighted by molar-refractivity contribution is 5.77. The summed E-state index contributed by atoms with van der Waals surface area (Å²) in [6.07, 6.45) is 3.45. The van der Waals surface area contributed by atoms with E-state index < -0.39 is 0 Å². The molecule has 96 valence electrons. The lowest BCUT2D eigenvalue weighted by atomic mass is 9.93. The van der Waals surface area contributed by atoms with Crippen molar-refractivity contribution in [3.63, 3.8) is 0 Å². The quantitative estimate of drug-likeness (QED) is 0.752. The second-order valence-corrected chi connectivity index (χ2v) is 3.05. The van der Waals surface area contributed by atoms with E-state index >= 15 is 0 Å². The zero-order valence-electron chi connectivity index (χ0n) is 11.6. The van der Waals surface area contributed by atoms with Crippen molar-refractivity contribution in [3.8, 4) is 0 Å². The third kappa shape index (κ3) is 7.32. The highest BCUT2D eigenvalue weighted by Gasteiger charge is 2.15. The molecule has 0 spiro atoms. The Morgan fingerprint density at radius 2 is 1.75 bits per heavy atom. The van der Waals surface area contributed by atoms with Crippen molar-refractivity contribution in [2.45, 2.75) is 53.9 Å². The fraction of sp³-hybridized carbons (Fsp3) is 0.769. The molecule has 0 bridgehead atoms. The van der Waals surface area contributed by atoms with E-state index in [9.17, 15) is 4.79 Å². The van der Waals surface area contributed by atoms with Gasteiger partial charge >= 0.3 is 0 Å². The van der Waals surface area contributed by atoms with Gasteiger partial charge in [0.25, 0.3) is 0 Å². The molecule has 1 aliphatic carbocycles. The number of carbonyl (C=O) groups excluding carboxylic acids is 1. The van der Waals surface area contributed by atoms with Crippen LogP contribution in [0.25, 0.3) is 0 Å². The standard InChI is InChI=1S/C9H15NO2.2C2H6/c1-7(11)6-10-9(12-2)8-4-3-5-8;2*1-2/h10H,3-6H2,1-2H3;2*1-2H3. The van der Waals surface area contributed by atoms with Crippen LogP contribution in [-0.2, 0) is 9.53 Å². The molecule has 16 heavy (non-hydrogen) atoms. The lowest BCUT2D eigenvalue weighted by Gasteiger charge is -2.21. The molecular weight excluding hydrogens is 202 g/mol. The highest BCUT2D eigenvalue weighted by Crippen LogP contribution is 2.27. The Balaban J connectivity index is 0. The van der Waals surface area contributed by atoms with Gasteiger partial charge in [-0.25, -0.2) is 0 Å². The maximum atomic E-state index is 10.7. The summed E-state index contributed by atoms with van der Waals surface area (Å²) in [4.78, 5) is 10.7. The summed E-state index contributed by atoms with van der Waals surface area (Å²) in [5.41, 5.74) is 1.30. The summed E-state index contributed by atoms with van der Waals surface area (Å²) in [7, 11) is 1.63. The minimum absolute atomic E-state index is 0.129. The van der Waals surface area contributed by atoms with Gasteiger partial charge in [-0.3, -0.25) is 4.79 Å². The van der Waals surface area contributed by atoms with Crippen molar-refractivity contribution in [1.82, 2.24) is 5.32 Å². The Hall–Kier alpha value is -0.990. The second-order valence-electron chi connectivity index (χ2n) is 3.05. The Kier molecular flexibility index (Phi) is 13.1. The van der Waals surface area contributed by atoms with Gasteiger partial charge in [0.2, 0.25) is 0 Å². The molecule has 0 atom stereocenters. The van der Waals surface area contributed by atoms with Crippen LogP contribution in [0.4, 0.5) is 0 Å². The minimum atomic E-state index is 0.129. The lowest BCUT2D eigenvalue weighted by Crippen LogP contribution is -2.24. The first-order chi connectivity index (χ1) is 7.74. The molecule has 0 unspecified atom stereocenters. The monoisotopic (exact) mass is 229 g/mol. The zero-order chi connectivity index (χ0) is 13.0. The van der Waals surface area contributed by atoms with Gasteiger partial charge in [0.15, 0.2) is 5.88 Å². The van der Waals surface area contributed by atoms with Crippen molar-refractivity contribution in [1.29, 1.82) is 0 Å². The summed E-state index contributed by atoms with van der Waals surface area (Å²) < 4.78 is 5.12. The van der Waals surface area contributed by atoms with Crippen molar-refractivity contribution in [2.75, 3.05) is 13.7 Å². The first kappa shape index (κ1) is 17.4. The average molecular weight is 229 g/mol. The van der Waals surface area contributed by atoms with Crippen LogP contribution < -0.4 is 5.32 Å². The van der Waals surface area contributed by atoms with Gasteiger partial charge in [-0.05, 0) is 31.8 Å². The summed E-state index contributed by atoms with van der Waals surface area (Å²) in [6, 6.07) is 0. The van der Waals surface area contributed by atoms with E-state index in [-0.39, 0.29) is 5.78 Å². The Morgan fingerprint density at radius 1 is 1.25 bits per heavy atom. The van der Waals surface area contributed by atoms with Gasteiger partial charge in [0.05, 0.1) is 13.7 Å². The lowest BCUT2D eigenvalue weighted by molar-refractivity contribution is -0.116. The molecule has 1 rings (SSSR count). The van der Waals surface area contributed by atoms with Gasteiger partial charge in [0, 0.05) is 0 Å². The smallest absolute Gasteiger partial charge is 0.185 e. The number of hydrogen-bond acceptors (Lipinski definition) is 3. The van der Waals surface area contributed by atoms with Crippen molar-refractivity contribution in [3.05, 3.63) is 11.5 Å². The van der Waals surface area contributed by atoms with Gasteiger partial charge in [-0.2, -0.15) is 0 Å². The molecule has 0 saturated heterocycles. The molecule has 1 N–H and O–H groups in total. The van der Waals surface area contributed by atoms with E-state index in [0.29, 0.717) is 6.54 Å². The van der Waals surface area contributed by atoms with Crippen LogP contribution in [-0.4, -0.2) is 19.4 Å². The number of methoxy groups -OCH3 is 1. The van der Waals surface area contributed by atoms with E-state index in [1.807, 2.05) is 27.7 Å². The summed E-state index contributed by atoms with van der Waals surface area (Å²) in [6.45, 7) is 9.93. The molecule has 3 nitrogen and oxygen atoms in total. The van der Waals surface area contributed by atoms with Gasteiger partial charge in [-0.15, -0.1) is 0 Å². The van der Waals surface area contributed by atoms with Crippen LogP contribution in [0.2, 0.25) is 0 Å².